The van der Waals surface area contributed by atoms with Gasteiger partial charge in [-0.3, -0.25) is 9.59 Å². The third-order valence-corrected chi connectivity index (χ3v) is 6.55. The number of amides is 2. The molecule has 7 nitrogen and oxygen atoms in total. The van der Waals surface area contributed by atoms with Crippen molar-refractivity contribution in [1.82, 2.24) is 9.80 Å². The molecule has 2 aliphatic heterocycles. The molecule has 2 fully saturated rings. The molecule has 0 saturated carbocycles. The molecule has 2 atom stereocenters. The van der Waals surface area contributed by atoms with Crippen LogP contribution in [0.4, 0.5) is 0 Å². The first-order valence-electron chi connectivity index (χ1n) is 10.4. The van der Waals surface area contributed by atoms with E-state index in [4.69, 9.17) is 9.47 Å². The molecule has 7 heteroatoms. The second kappa shape index (κ2) is 8.32. The van der Waals surface area contributed by atoms with Crippen LogP contribution in [0.15, 0.2) is 48.5 Å². The van der Waals surface area contributed by atoms with Crippen molar-refractivity contribution in [2.75, 3.05) is 40.5 Å². The molecule has 0 unspecified atom stereocenters. The van der Waals surface area contributed by atoms with Crippen LogP contribution in [0.3, 0.4) is 0 Å². The molecule has 2 aromatic carbocycles. The van der Waals surface area contributed by atoms with Gasteiger partial charge in [-0.2, -0.15) is 0 Å². The number of hydrogen-bond donors (Lipinski definition) is 1. The Bertz CT molecular complexity index is 968. The van der Waals surface area contributed by atoms with Gasteiger partial charge in [0, 0.05) is 33.0 Å². The summed E-state index contributed by atoms with van der Waals surface area (Å²) in [7, 11) is 3.13. The molecular weight excluding hydrogens is 396 g/mol. The van der Waals surface area contributed by atoms with Crippen LogP contribution < -0.4 is 4.74 Å². The van der Waals surface area contributed by atoms with Crippen molar-refractivity contribution in [3.8, 4) is 16.9 Å². The van der Waals surface area contributed by atoms with Gasteiger partial charge in [-0.25, -0.2) is 0 Å². The molecule has 0 aliphatic carbocycles. The Morgan fingerprint density at radius 2 is 1.81 bits per heavy atom. The highest BCUT2D eigenvalue weighted by Crippen LogP contribution is 2.54. The number of methoxy groups -OCH3 is 2. The second-order valence-corrected chi connectivity index (χ2v) is 8.26. The Labute approximate surface area is 182 Å². The molecule has 0 bridgehead atoms. The molecule has 2 saturated heterocycles. The molecule has 0 radical (unpaired) electrons. The maximum absolute atomic E-state index is 12.7. The van der Waals surface area contributed by atoms with Gasteiger partial charge in [-0.1, -0.05) is 36.4 Å². The van der Waals surface area contributed by atoms with Crippen LogP contribution in [0, 0.1) is 0 Å². The highest BCUT2D eigenvalue weighted by Gasteiger charge is 2.67. The number of carbonyl (C=O) groups excluding carboxylic acids is 2. The Hall–Kier alpha value is -2.90. The van der Waals surface area contributed by atoms with Gasteiger partial charge in [0.2, 0.25) is 11.8 Å². The van der Waals surface area contributed by atoms with Gasteiger partial charge in [0.05, 0.1) is 25.3 Å². The smallest absolute Gasteiger partial charge is 0.249 e. The van der Waals surface area contributed by atoms with Crippen molar-refractivity contribution in [1.29, 1.82) is 0 Å². The van der Waals surface area contributed by atoms with Gasteiger partial charge >= 0.3 is 0 Å². The average Bonchev–Trinajstić information content (AvgIpc) is 2.73. The fraction of sp³-hybridized carbons (Fsp3) is 0.417. The van der Waals surface area contributed by atoms with Crippen LogP contribution in [0.25, 0.3) is 11.1 Å². The van der Waals surface area contributed by atoms with Crippen molar-refractivity contribution in [2.45, 2.75) is 24.4 Å². The number of aliphatic hydroxyl groups is 1. The van der Waals surface area contributed by atoms with E-state index < -0.39 is 5.54 Å². The number of likely N-dealkylation sites (tertiary alicyclic amines) is 2. The number of benzene rings is 2. The molecule has 0 aromatic heterocycles. The molecule has 1 N–H and O–H groups in total. The van der Waals surface area contributed by atoms with Gasteiger partial charge in [0.15, 0.2) is 0 Å². The lowest BCUT2D eigenvalue weighted by Crippen LogP contribution is -2.86. The lowest BCUT2D eigenvalue weighted by atomic mass is 9.60. The van der Waals surface area contributed by atoms with Gasteiger partial charge in [0.1, 0.15) is 12.4 Å². The molecule has 2 aliphatic rings. The van der Waals surface area contributed by atoms with Gasteiger partial charge in [0.25, 0.3) is 0 Å². The summed E-state index contributed by atoms with van der Waals surface area (Å²) in [5.74, 6) is 0.581. The Morgan fingerprint density at radius 3 is 2.39 bits per heavy atom. The Balaban J connectivity index is 1.63. The molecule has 164 valence electrons. The zero-order valence-electron chi connectivity index (χ0n) is 18.1. The van der Waals surface area contributed by atoms with Gasteiger partial charge in [-0.15, -0.1) is 0 Å². The van der Waals surface area contributed by atoms with Crippen molar-refractivity contribution in [3.05, 3.63) is 54.1 Å². The maximum atomic E-state index is 12.7. The number of nitrogens with zero attached hydrogens (tertiary/aromatic N) is 2. The molecule has 1 spiro atoms. The zero-order valence-corrected chi connectivity index (χ0v) is 18.1. The zero-order chi connectivity index (χ0) is 22.2. The molecule has 4 rings (SSSR count). The third kappa shape index (κ3) is 3.47. The topological polar surface area (TPSA) is 79.3 Å². The highest BCUT2D eigenvalue weighted by molar-refractivity contribution is 5.83. The fourth-order valence-electron chi connectivity index (χ4n) is 5.12. The maximum Gasteiger partial charge on any atom is 0.249 e. The summed E-state index contributed by atoms with van der Waals surface area (Å²) in [6, 6.07) is 15.7. The van der Waals surface area contributed by atoms with Crippen molar-refractivity contribution in [2.24, 2.45) is 0 Å². The number of ether oxygens (including phenoxy) is 2. The summed E-state index contributed by atoms with van der Waals surface area (Å²) >= 11 is 0. The molecule has 2 heterocycles. The minimum Gasteiger partial charge on any atom is -0.497 e. The predicted molar refractivity (Wildman–Crippen MR) is 116 cm³/mol. The minimum absolute atomic E-state index is 0.00987. The lowest BCUT2D eigenvalue weighted by molar-refractivity contribution is -0.204. The molecule has 2 aromatic rings. The number of hydrogen-bond acceptors (Lipinski definition) is 5. The standard InChI is InChI=1S/C24H28N2O5/c1-16(28)25-14-24(15-25)23(21(12-27)26(24)22(29)13-30-2)18-9-7-17(8-10-18)19-5-4-6-20(11-19)31-3/h4-11,21,23,27H,12-15H2,1-3H3/t21-,23+/m0/s1. The summed E-state index contributed by atoms with van der Waals surface area (Å²) in [6.45, 7) is 2.29. The van der Waals surface area contributed by atoms with E-state index in [1.807, 2.05) is 36.4 Å². The lowest BCUT2D eigenvalue weighted by Gasteiger charge is -2.70. The van der Waals surface area contributed by atoms with E-state index in [0.717, 1.165) is 22.4 Å². The second-order valence-electron chi connectivity index (χ2n) is 8.26. The quantitative estimate of drug-likeness (QED) is 0.766. The average molecular weight is 424 g/mol. The largest absolute Gasteiger partial charge is 0.497 e. The van der Waals surface area contributed by atoms with Crippen LogP contribution in [-0.4, -0.2) is 78.8 Å². The summed E-state index contributed by atoms with van der Waals surface area (Å²) in [5.41, 5.74) is 2.67. The molecule has 2 amide bonds. The monoisotopic (exact) mass is 424 g/mol. The van der Waals surface area contributed by atoms with Gasteiger partial charge in [-0.05, 0) is 28.8 Å². The van der Waals surface area contributed by atoms with Crippen LogP contribution in [0.5, 0.6) is 5.75 Å². The van der Waals surface area contributed by atoms with E-state index in [1.54, 1.807) is 16.9 Å². The van der Waals surface area contributed by atoms with Crippen molar-refractivity contribution < 1.29 is 24.2 Å². The number of aliphatic hydroxyl groups excluding tert-OH is 1. The molecular formula is C24H28N2O5. The first-order valence-corrected chi connectivity index (χ1v) is 10.4. The van der Waals surface area contributed by atoms with Crippen molar-refractivity contribution in [3.63, 3.8) is 0 Å². The van der Waals surface area contributed by atoms with Crippen LogP contribution >= 0.6 is 0 Å². The van der Waals surface area contributed by atoms with E-state index in [1.165, 1.54) is 14.0 Å². The summed E-state index contributed by atoms with van der Waals surface area (Å²) < 4.78 is 10.4. The normalized spacial score (nSPS) is 21.4. The van der Waals surface area contributed by atoms with Gasteiger partial charge < -0.3 is 24.4 Å². The van der Waals surface area contributed by atoms with Crippen LogP contribution in [-0.2, 0) is 14.3 Å². The van der Waals surface area contributed by atoms with E-state index in [0.29, 0.717) is 13.1 Å². The predicted octanol–water partition coefficient (Wildman–Crippen LogP) is 1.90. The van der Waals surface area contributed by atoms with Crippen molar-refractivity contribution >= 4 is 11.8 Å². The summed E-state index contributed by atoms with van der Waals surface area (Å²) in [4.78, 5) is 28.0. The van der Waals surface area contributed by atoms with E-state index >= 15 is 0 Å². The SMILES string of the molecule is COCC(=O)N1[C@@H](CO)[C@@H](c2ccc(-c3cccc(OC)c3)cc2)C12CN(C(C)=O)C2. The Morgan fingerprint density at radius 1 is 1.10 bits per heavy atom. The summed E-state index contributed by atoms with van der Waals surface area (Å²) in [6.07, 6.45) is 0. The highest BCUT2D eigenvalue weighted by atomic mass is 16.5. The van der Waals surface area contributed by atoms with Crippen LogP contribution in [0.1, 0.15) is 18.4 Å². The number of carbonyl (C=O) groups is 2. The third-order valence-electron chi connectivity index (χ3n) is 6.55. The van der Waals surface area contributed by atoms with E-state index in [2.05, 4.69) is 12.1 Å². The number of rotatable bonds is 6. The Kier molecular flexibility index (Phi) is 5.73. The first-order chi connectivity index (χ1) is 14.9. The minimum atomic E-state index is -0.494. The summed E-state index contributed by atoms with van der Waals surface area (Å²) in [5, 5.41) is 10.1. The van der Waals surface area contributed by atoms with E-state index in [-0.39, 0.29) is 37.0 Å². The van der Waals surface area contributed by atoms with E-state index in [9.17, 15) is 14.7 Å². The molecule has 31 heavy (non-hydrogen) atoms. The first kappa shape index (κ1) is 21.3. The fourth-order valence-corrected chi connectivity index (χ4v) is 5.12. The van der Waals surface area contributed by atoms with Crippen LogP contribution in [0.2, 0.25) is 0 Å².